The van der Waals surface area contributed by atoms with Crippen LogP contribution in [-0.2, 0) is 6.61 Å². The van der Waals surface area contributed by atoms with Crippen molar-refractivity contribution in [3.8, 4) is 17.2 Å². The van der Waals surface area contributed by atoms with Crippen LogP contribution in [0, 0.1) is 34.9 Å². The van der Waals surface area contributed by atoms with Crippen molar-refractivity contribution in [1.29, 1.82) is 0 Å². The van der Waals surface area contributed by atoms with E-state index in [0.29, 0.717) is 31.4 Å². The Balaban J connectivity index is 1.39. The van der Waals surface area contributed by atoms with Gasteiger partial charge in [0, 0.05) is 11.1 Å². The van der Waals surface area contributed by atoms with Gasteiger partial charge in [-0.05, 0) is 79.5 Å². The Bertz CT molecular complexity index is 1460. The molecule has 1 aliphatic carbocycles. The molecule has 0 radical (unpaired) electrons. The van der Waals surface area contributed by atoms with E-state index >= 15 is 4.39 Å². The van der Waals surface area contributed by atoms with E-state index in [1.165, 1.54) is 36.4 Å². The van der Waals surface area contributed by atoms with Crippen LogP contribution in [0.25, 0.3) is 5.57 Å². The number of hydrogen-bond donors (Lipinski definition) is 0. The molecule has 9 heteroatoms. The van der Waals surface area contributed by atoms with Crippen molar-refractivity contribution in [2.45, 2.75) is 84.2 Å². The average molecular weight is 621 g/mol. The molecule has 0 spiro atoms. The predicted octanol–water partition coefficient (Wildman–Crippen LogP) is 10.6. The van der Waals surface area contributed by atoms with Gasteiger partial charge in [-0.15, -0.1) is 0 Å². The SMILES string of the molecule is CCCCCCOc1ccc(COc2ccc(C3=CCC(c4ccc(OCCCC)c(F)c4F)CC3)c(F)c2F)c(F)c1F. The lowest BCUT2D eigenvalue weighted by molar-refractivity contribution is 0.269. The third-order valence-electron chi connectivity index (χ3n) is 7.84. The lowest BCUT2D eigenvalue weighted by Gasteiger charge is -2.24. The Hall–Kier alpha value is -3.62. The molecule has 1 unspecified atom stereocenters. The minimum Gasteiger partial charge on any atom is -0.490 e. The topological polar surface area (TPSA) is 27.7 Å². The number of hydrogen-bond acceptors (Lipinski definition) is 3. The van der Waals surface area contributed by atoms with Gasteiger partial charge in [0.2, 0.25) is 17.5 Å². The maximum atomic E-state index is 15.1. The molecular formula is C35H38F6O3. The lowest BCUT2D eigenvalue weighted by Crippen LogP contribution is -2.10. The molecule has 3 aromatic rings. The zero-order valence-corrected chi connectivity index (χ0v) is 25.1. The first kappa shape index (κ1) is 33.3. The number of rotatable bonds is 15. The highest BCUT2D eigenvalue weighted by molar-refractivity contribution is 5.68. The summed E-state index contributed by atoms with van der Waals surface area (Å²) in [5, 5.41) is 0. The van der Waals surface area contributed by atoms with E-state index in [4.69, 9.17) is 14.2 Å². The maximum absolute atomic E-state index is 15.1. The highest BCUT2D eigenvalue weighted by Crippen LogP contribution is 2.40. The summed E-state index contributed by atoms with van der Waals surface area (Å²) < 4.78 is 105. The molecule has 0 N–H and O–H groups in total. The summed E-state index contributed by atoms with van der Waals surface area (Å²) in [6.07, 6.45) is 8.03. The van der Waals surface area contributed by atoms with Gasteiger partial charge in [0.15, 0.2) is 34.7 Å². The molecule has 4 rings (SSSR count). The predicted molar refractivity (Wildman–Crippen MR) is 158 cm³/mol. The Kier molecular flexibility index (Phi) is 12.0. The lowest BCUT2D eigenvalue weighted by atomic mass is 9.82. The summed E-state index contributed by atoms with van der Waals surface area (Å²) in [4.78, 5) is 0. The van der Waals surface area contributed by atoms with Gasteiger partial charge in [0.25, 0.3) is 0 Å². The molecule has 1 atom stereocenters. The van der Waals surface area contributed by atoms with Crippen LogP contribution < -0.4 is 14.2 Å². The Morgan fingerprint density at radius 3 is 1.91 bits per heavy atom. The first-order chi connectivity index (χ1) is 21.3. The third-order valence-corrected chi connectivity index (χ3v) is 7.84. The highest BCUT2D eigenvalue weighted by atomic mass is 19.2. The maximum Gasteiger partial charge on any atom is 0.201 e. The molecule has 0 bridgehead atoms. The molecule has 1 aliphatic rings. The van der Waals surface area contributed by atoms with Crippen LogP contribution in [0.1, 0.15) is 94.2 Å². The fourth-order valence-electron chi connectivity index (χ4n) is 5.21. The molecule has 3 nitrogen and oxygen atoms in total. The van der Waals surface area contributed by atoms with Gasteiger partial charge in [-0.3, -0.25) is 0 Å². The van der Waals surface area contributed by atoms with E-state index in [1.54, 1.807) is 6.08 Å². The van der Waals surface area contributed by atoms with E-state index in [0.717, 1.165) is 38.5 Å². The van der Waals surface area contributed by atoms with Gasteiger partial charge in [0.05, 0.1) is 13.2 Å². The molecular weight excluding hydrogens is 582 g/mol. The Morgan fingerprint density at radius 1 is 0.614 bits per heavy atom. The zero-order chi connectivity index (χ0) is 31.6. The van der Waals surface area contributed by atoms with Crippen molar-refractivity contribution in [2.75, 3.05) is 13.2 Å². The minimum absolute atomic E-state index is 0.0253. The number of benzene rings is 3. The van der Waals surface area contributed by atoms with Gasteiger partial charge in [-0.25, -0.2) is 13.2 Å². The monoisotopic (exact) mass is 620 g/mol. The van der Waals surface area contributed by atoms with E-state index < -0.39 is 47.3 Å². The third kappa shape index (κ3) is 7.90. The number of unbranched alkanes of at least 4 members (excludes halogenated alkanes) is 4. The molecule has 0 aromatic heterocycles. The Labute approximate surface area is 254 Å². The minimum atomic E-state index is -1.26. The van der Waals surface area contributed by atoms with Gasteiger partial charge < -0.3 is 14.2 Å². The van der Waals surface area contributed by atoms with Crippen LogP contribution in [0.2, 0.25) is 0 Å². The molecule has 0 fully saturated rings. The Morgan fingerprint density at radius 2 is 1.23 bits per heavy atom. The summed E-state index contributed by atoms with van der Waals surface area (Å²) in [6, 6.07) is 8.10. The number of allylic oxidation sites excluding steroid dienone is 2. The second-order valence-electron chi connectivity index (χ2n) is 11.0. The zero-order valence-electron chi connectivity index (χ0n) is 25.1. The molecule has 0 aliphatic heterocycles. The first-order valence-electron chi connectivity index (χ1n) is 15.3. The summed E-state index contributed by atoms with van der Waals surface area (Å²) in [5.74, 6) is -7.84. The van der Waals surface area contributed by atoms with Crippen molar-refractivity contribution in [3.05, 3.63) is 94.1 Å². The van der Waals surface area contributed by atoms with Crippen molar-refractivity contribution in [3.63, 3.8) is 0 Å². The molecule has 0 saturated heterocycles. The molecule has 0 amide bonds. The van der Waals surface area contributed by atoms with E-state index in [-0.39, 0.29) is 40.7 Å². The highest BCUT2D eigenvalue weighted by Gasteiger charge is 2.26. The van der Waals surface area contributed by atoms with Gasteiger partial charge >= 0.3 is 0 Å². The molecule has 44 heavy (non-hydrogen) atoms. The second kappa shape index (κ2) is 15.9. The standard InChI is InChI=1S/C35H38F6O3/c1-3-5-7-8-20-43-27-16-13-24(30(36)33(27)39)21-44-29-18-15-26(32(38)35(29)41)23-11-9-22(10-12-23)25-14-17-28(34(40)31(25)37)42-19-6-4-2/h11,13-18,22H,3-10,12,19-21H2,1-2H3. The van der Waals surface area contributed by atoms with E-state index in [2.05, 4.69) is 6.92 Å². The molecule has 238 valence electrons. The van der Waals surface area contributed by atoms with E-state index in [1.807, 2.05) is 6.92 Å². The van der Waals surface area contributed by atoms with Crippen molar-refractivity contribution in [1.82, 2.24) is 0 Å². The van der Waals surface area contributed by atoms with Crippen molar-refractivity contribution < 1.29 is 40.6 Å². The van der Waals surface area contributed by atoms with Crippen LogP contribution in [0.15, 0.2) is 42.5 Å². The molecule has 0 saturated carbocycles. The van der Waals surface area contributed by atoms with Gasteiger partial charge in [-0.1, -0.05) is 51.7 Å². The van der Waals surface area contributed by atoms with Crippen LogP contribution in [0.5, 0.6) is 17.2 Å². The quantitative estimate of drug-likeness (QED) is 0.125. The van der Waals surface area contributed by atoms with Gasteiger partial charge in [-0.2, -0.15) is 13.2 Å². The van der Waals surface area contributed by atoms with Crippen LogP contribution >= 0.6 is 0 Å². The normalized spacial score (nSPS) is 14.8. The van der Waals surface area contributed by atoms with Crippen LogP contribution in [0.3, 0.4) is 0 Å². The fraction of sp³-hybridized carbons (Fsp3) is 0.429. The van der Waals surface area contributed by atoms with Crippen LogP contribution in [-0.4, -0.2) is 13.2 Å². The molecule has 0 heterocycles. The summed E-state index contributed by atoms with van der Waals surface area (Å²) in [7, 11) is 0. The summed E-state index contributed by atoms with van der Waals surface area (Å²) in [6.45, 7) is 4.07. The molecule has 3 aromatic carbocycles. The smallest absolute Gasteiger partial charge is 0.201 e. The van der Waals surface area contributed by atoms with E-state index in [9.17, 15) is 22.0 Å². The average Bonchev–Trinajstić information content (AvgIpc) is 3.03. The number of halogens is 6. The first-order valence-corrected chi connectivity index (χ1v) is 15.3. The summed E-state index contributed by atoms with van der Waals surface area (Å²) in [5.41, 5.74) is 0.599. The summed E-state index contributed by atoms with van der Waals surface area (Å²) >= 11 is 0. The van der Waals surface area contributed by atoms with Crippen LogP contribution in [0.4, 0.5) is 26.3 Å². The largest absolute Gasteiger partial charge is 0.490 e. The van der Waals surface area contributed by atoms with Gasteiger partial charge in [0.1, 0.15) is 6.61 Å². The fourth-order valence-corrected chi connectivity index (χ4v) is 5.21. The second-order valence-corrected chi connectivity index (χ2v) is 11.0. The number of ether oxygens (including phenoxy) is 3. The van der Waals surface area contributed by atoms with Crippen molar-refractivity contribution in [2.24, 2.45) is 0 Å². The van der Waals surface area contributed by atoms with Crippen molar-refractivity contribution >= 4 is 5.57 Å².